The molecule has 0 saturated heterocycles. The van der Waals surface area contributed by atoms with Gasteiger partial charge in [0.1, 0.15) is 5.52 Å². The standard InChI is InChI=1S/C14H19N3O/c15-9-10-5-7-11(8-6-10)16-14-17-12-3-1-2-4-13(12)18-14/h1-4,10-11H,5-9,15H2,(H,16,17). The SMILES string of the molecule is NCC1CCC(Nc2nc3ccccc3o2)CC1. The number of para-hydroxylation sites is 2. The maximum atomic E-state index is 5.70. The molecule has 3 rings (SSSR count). The average molecular weight is 245 g/mol. The van der Waals surface area contributed by atoms with Crippen molar-refractivity contribution in [2.45, 2.75) is 31.7 Å². The van der Waals surface area contributed by atoms with Crippen LogP contribution in [0.4, 0.5) is 6.01 Å². The third kappa shape index (κ3) is 2.34. The minimum absolute atomic E-state index is 0.473. The summed E-state index contributed by atoms with van der Waals surface area (Å²) < 4.78 is 5.68. The van der Waals surface area contributed by atoms with Crippen LogP contribution in [0.1, 0.15) is 25.7 Å². The Bertz CT molecular complexity index is 481. The van der Waals surface area contributed by atoms with Crippen LogP contribution >= 0.6 is 0 Å². The van der Waals surface area contributed by atoms with E-state index >= 15 is 0 Å². The van der Waals surface area contributed by atoms with Gasteiger partial charge in [-0.25, -0.2) is 0 Å². The smallest absolute Gasteiger partial charge is 0.295 e. The van der Waals surface area contributed by atoms with Gasteiger partial charge in [0.15, 0.2) is 5.58 Å². The van der Waals surface area contributed by atoms with Crippen LogP contribution in [0.15, 0.2) is 28.7 Å². The molecule has 4 heteroatoms. The molecule has 0 amide bonds. The summed E-state index contributed by atoms with van der Waals surface area (Å²) in [6, 6.07) is 8.96. The summed E-state index contributed by atoms with van der Waals surface area (Å²) in [4.78, 5) is 4.44. The van der Waals surface area contributed by atoms with E-state index in [4.69, 9.17) is 10.2 Å². The van der Waals surface area contributed by atoms with Gasteiger partial charge < -0.3 is 15.5 Å². The van der Waals surface area contributed by atoms with E-state index in [2.05, 4.69) is 10.3 Å². The van der Waals surface area contributed by atoms with Crippen molar-refractivity contribution in [1.82, 2.24) is 4.98 Å². The van der Waals surface area contributed by atoms with E-state index in [0.717, 1.165) is 30.5 Å². The van der Waals surface area contributed by atoms with Gasteiger partial charge in [0, 0.05) is 6.04 Å². The molecule has 4 nitrogen and oxygen atoms in total. The van der Waals surface area contributed by atoms with Crippen molar-refractivity contribution in [3.63, 3.8) is 0 Å². The minimum atomic E-state index is 0.473. The lowest BCUT2D eigenvalue weighted by Gasteiger charge is -2.27. The first-order valence-corrected chi connectivity index (χ1v) is 6.67. The Hall–Kier alpha value is -1.55. The van der Waals surface area contributed by atoms with Gasteiger partial charge in [0.25, 0.3) is 6.01 Å². The van der Waals surface area contributed by atoms with E-state index in [1.54, 1.807) is 0 Å². The van der Waals surface area contributed by atoms with Crippen molar-refractivity contribution >= 4 is 17.1 Å². The minimum Gasteiger partial charge on any atom is -0.424 e. The number of oxazole rings is 1. The number of aromatic nitrogens is 1. The second-order valence-corrected chi connectivity index (χ2v) is 5.08. The zero-order valence-corrected chi connectivity index (χ0v) is 10.4. The summed E-state index contributed by atoms with van der Waals surface area (Å²) in [7, 11) is 0. The number of rotatable bonds is 3. The normalized spacial score (nSPS) is 24.3. The number of hydrogen-bond donors (Lipinski definition) is 2. The molecule has 0 aliphatic heterocycles. The largest absolute Gasteiger partial charge is 0.424 e. The van der Waals surface area contributed by atoms with E-state index in [1.807, 2.05) is 24.3 Å². The molecular formula is C14H19N3O. The van der Waals surface area contributed by atoms with E-state index in [0.29, 0.717) is 18.0 Å². The van der Waals surface area contributed by atoms with Crippen molar-refractivity contribution in [2.75, 3.05) is 11.9 Å². The molecule has 1 fully saturated rings. The molecule has 0 radical (unpaired) electrons. The van der Waals surface area contributed by atoms with Gasteiger partial charge in [-0.3, -0.25) is 0 Å². The van der Waals surface area contributed by atoms with Crippen molar-refractivity contribution in [3.05, 3.63) is 24.3 Å². The van der Waals surface area contributed by atoms with Crippen LogP contribution in [0.5, 0.6) is 0 Å². The molecule has 2 aromatic rings. The summed E-state index contributed by atoms with van der Waals surface area (Å²) in [5, 5.41) is 3.40. The molecule has 1 aromatic heterocycles. The van der Waals surface area contributed by atoms with Gasteiger partial charge in [-0.1, -0.05) is 12.1 Å². The van der Waals surface area contributed by atoms with Crippen LogP contribution in [-0.2, 0) is 0 Å². The summed E-state index contributed by atoms with van der Waals surface area (Å²) in [5.74, 6) is 0.701. The number of hydrogen-bond acceptors (Lipinski definition) is 4. The molecule has 18 heavy (non-hydrogen) atoms. The summed E-state index contributed by atoms with van der Waals surface area (Å²) in [6.45, 7) is 0.815. The van der Waals surface area contributed by atoms with Gasteiger partial charge in [0.05, 0.1) is 0 Å². The first-order chi connectivity index (χ1) is 8.85. The predicted octanol–water partition coefficient (Wildman–Crippen LogP) is 2.76. The van der Waals surface area contributed by atoms with Crippen LogP contribution in [0.25, 0.3) is 11.1 Å². The highest BCUT2D eigenvalue weighted by Crippen LogP contribution is 2.26. The Kier molecular flexibility index (Phi) is 3.19. The zero-order valence-electron chi connectivity index (χ0n) is 10.4. The van der Waals surface area contributed by atoms with Crippen LogP contribution in [-0.4, -0.2) is 17.6 Å². The van der Waals surface area contributed by atoms with E-state index in [-0.39, 0.29) is 0 Å². The lowest BCUT2D eigenvalue weighted by atomic mass is 9.86. The van der Waals surface area contributed by atoms with Crippen molar-refractivity contribution in [2.24, 2.45) is 11.7 Å². The maximum Gasteiger partial charge on any atom is 0.295 e. The quantitative estimate of drug-likeness (QED) is 0.872. The highest BCUT2D eigenvalue weighted by Gasteiger charge is 2.21. The highest BCUT2D eigenvalue weighted by atomic mass is 16.4. The fourth-order valence-corrected chi connectivity index (χ4v) is 2.65. The number of benzene rings is 1. The monoisotopic (exact) mass is 245 g/mol. The number of nitrogens with two attached hydrogens (primary N) is 1. The van der Waals surface area contributed by atoms with Gasteiger partial charge >= 0.3 is 0 Å². The molecule has 0 unspecified atom stereocenters. The lowest BCUT2D eigenvalue weighted by Crippen LogP contribution is -2.29. The second kappa shape index (κ2) is 4.98. The molecule has 3 N–H and O–H groups in total. The number of anilines is 1. The van der Waals surface area contributed by atoms with Gasteiger partial charge in [-0.15, -0.1) is 0 Å². The molecule has 1 aromatic carbocycles. The number of nitrogens with zero attached hydrogens (tertiary/aromatic N) is 1. The lowest BCUT2D eigenvalue weighted by molar-refractivity contribution is 0.341. The third-order valence-corrected chi connectivity index (χ3v) is 3.80. The van der Waals surface area contributed by atoms with Gasteiger partial charge in [-0.05, 0) is 50.3 Å². The Morgan fingerprint density at radius 2 is 2.00 bits per heavy atom. The molecule has 1 aliphatic rings. The van der Waals surface area contributed by atoms with Crippen LogP contribution in [0.3, 0.4) is 0 Å². The Balaban J connectivity index is 1.66. The summed E-state index contributed by atoms with van der Waals surface area (Å²) in [5.41, 5.74) is 7.46. The third-order valence-electron chi connectivity index (χ3n) is 3.80. The van der Waals surface area contributed by atoms with E-state index in [9.17, 15) is 0 Å². The molecule has 96 valence electrons. The number of fused-ring (bicyclic) bond motifs is 1. The Labute approximate surface area is 107 Å². The molecule has 1 saturated carbocycles. The summed E-state index contributed by atoms with van der Waals surface area (Å²) >= 11 is 0. The van der Waals surface area contributed by atoms with Crippen molar-refractivity contribution in [1.29, 1.82) is 0 Å². The first-order valence-electron chi connectivity index (χ1n) is 6.67. The number of nitrogens with one attached hydrogen (secondary N) is 1. The van der Waals surface area contributed by atoms with Gasteiger partial charge in [0.2, 0.25) is 0 Å². The predicted molar refractivity (Wildman–Crippen MR) is 72.4 cm³/mol. The first kappa shape index (κ1) is 11.5. The summed E-state index contributed by atoms with van der Waals surface area (Å²) in [6.07, 6.45) is 4.71. The average Bonchev–Trinajstić information content (AvgIpc) is 2.82. The molecule has 1 heterocycles. The second-order valence-electron chi connectivity index (χ2n) is 5.08. The molecule has 1 aliphatic carbocycles. The highest BCUT2D eigenvalue weighted by molar-refractivity contribution is 5.74. The van der Waals surface area contributed by atoms with Crippen molar-refractivity contribution < 1.29 is 4.42 Å². The molecule has 0 atom stereocenters. The fourth-order valence-electron chi connectivity index (χ4n) is 2.65. The maximum absolute atomic E-state index is 5.70. The zero-order chi connectivity index (χ0) is 12.4. The Morgan fingerprint density at radius 3 is 2.72 bits per heavy atom. The topological polar surface area (TPSA) is 64.1 Å². The van der Waals surface area contributed by atoms with Crippen LogP contribution in [0.2, 0.25) is 0 Å². The molecule has 0 spiro atoms. The van der Waals surface area contributed by atoms with Gasteiger partial charge in [-0.2, -0.15) is 4.98 Å². The van der Waals surface area contributed by atoms with Crippen molar-refractivity contribution in [3.8, 4) is 0 Å². The van der Waals surface area contributed by atoms with Crippen LogP contribution < -0.4 is 11.1 Å². The Morgan fingerprint density at radius 1 is 1.22 bits per heavy atom. The molecule has 0 bridgehead atoms. The van der Waals surface area contributed by atoms with E-state index < -0.39 is 0 Å². The van der Waals surface area contributed by atoms with Crippen LogP contribution in [0, 0.1) is 5.92 Å². The van der Waals surface area contributed by atoms with E-state index in [1.165, 1.54) is 12.8 Å². The fraction of sp³-hybridized carbons (Fsp3) is 0.500. The molecular weight excluding hydrogens is 226 g/mol.